The minimum Gasteiger partial charge on any atom is -0.492 e. The first-order valence-electron chi connectivity index (χ1n) is 8.15. The Kier molecular flexibility index (Phi) is 3.73. The predicted octanol–water partition coefficient (Wildman–Crippen LogP) is 1.69. The average molecular weight is 312 g/mol. The van der Waals surface area contributed by atoms with E-state index in [9.17, 15) is 4.79 Å². The van der Waals surface area contributed by atoms with Crippen LogP contribution >= 0.6 is 0 Å². The number of hydrogen-bond acceptors (Lipinski definition) is 4. The summed E-state index contributed by atoms with van der Waals surface area (Å²) in [6.07, 6.45) is 6.20. The second-order valence-corrected chi connectivity index (χ2v) is 6.29. The number of aromatic nitrogens is 3. The molecule has 23 heavy (non-hydrogen) atoms. The van der Waals surface area contributed by atoms with E-state index in [0.717, 1.165) is 43.7 Å². The summed E-state index contributed by atoms with van der Waals surface area (Å²) in [5.41, 5.74) is 1.14. The van der Waals surface area contributed by atoms with Gasteiger partial charge < -0.3 is 14.2 Å². The predicted molar refractivity (Wildman–Crippen MR) is 84.0 cm³/mol. The second kappa shape index (κ2) is 6.02. The van der Waals surface area contributed by atoms with Crippen LogP contribution in [0.5, 0.6) is 5.75 Å². The van der Waals surface area contributed by atoms with Crippen LogP contribution in [0.4, 0.5) is 0 Å². The van der Waals surface area contributed by atoms with Gasteiger partial charge in [0, 0.05) is 19.1 Å². The zero-order chi connectivity index (χ0) is 15.6. The molecule has 0 aliphatic carbocycles. The summed E-state index contributed by atoms with van der Waals surface area (Å²) >= 11 is 0. The Morgan fingerprint density at radius 3 is 2.65 bits per heavy atom. The van der Waals surface area contributed by atoms with Gasteiger partial charge in [0.1, 0.15) is 25.0 Å². The van der Waals surface area contributed by atoms with Crippen molar-refractivity contribution in [2.24, 2.45) is 5.92 Å². The molecule has 1 aromatic carbocycles. The summed E-state index contributed by atoms with van der Waals surface area (Å²) in [5.74, 6) is 1.08. The minimum absolute atomic E-state index is 0.0589. The van der Waals surface area contributed by atoms with E-state index in [1.54, 1.807) is 12.7 Å². The molecule has 1 atom stereocenters. The van der Waals surface area contributed by atoms with Crippen LogP contribution < -0.4 is 4.74 Å². The van der Waals surface area contributed by atoms with E-state index in [-0.39, 0.29) is 11.8 Å². The van der Waals surface area contributed by atoms with Gasteiger partial charge in [0.15, 0.2) is 0 Å². The lowest BCUT2D eigenvalue weighted by atomic mass is 9.94. The highest BCUT2D eigenvalue weighted by molar-refractivity contribution is 5.80. The number of benzene rings is 1. The minimum atomic E-state index is -0.0589. The van der Waals surface area contributed by atoms with Gasteiger partial charge in [0.2, 0.25) is 5.91 Å². The Hall–Kier alpha value is -2.37. The lowest BCUT2D eigenvalue weighted by molar-refractivity contribution is -0.138. The third-order valence-corrected chi connectivity index (χ3v) is 4.86. The highest BCUT2D eigenvalue weighted by Gasteiger charge is 2.31. The molecule has 1 amide bonds. The van der Waals surface area contributed by atoms with Crippen molar-refractivity contribution in [3.8, 4) is 5.75 Å². The van der Waals surface area contributed by atoms with Crippen molar-refractivity contribution >= 4 is 5.91 Å². The molecule has 2 aromatic rings. The number of carbonyl (C=O) groups is 1. The molecule has 0 unspecified atom stereocenters. The van der Waals surface area contributed by atoms with Crippen LogP contribution in [0.3, 0.4) is 0 Å². The van der Waals surface area contributed by atoms with Crippen molar-refractivity contribution in [1.29, 1.82) is 0 Å². The molecular weight excluding hydrogens is 292 g/mol. The molecule has 0 saturated carbocycles. The molecule has 3 heterocycles. The second-order valence-electron chi connectivity index (χ2n) is 6.29. The fourth-order valence-electron chi connectivity index (χ4n) is 3.53. The largest absolute Gasteiger partial charge is 0.492 e. The monoisotopic (exact) mass is 312 g/mol. The number of ether oxygens (including phenoxy) is 1. The van der Waals surface area contributed by atoms with Crippen LogP contribution in [-0.4, -0.2) is 45.3 Å². The van der Waals surface area contributed by atoms with Crippen LogP contribution in [0.1, 0.15) is 24.4 Å². The van der Waals surface area contributed by atoms with Crippen LogP contribution in [0.15, 0.2) is 36.9 Å². The highest BCUT2D eigenvalue weighted by atomic mass is 16.5. The summed E-state index contributed by atoms with van der Waals surface area (Å²) in [4.78, 5) is 14.8. The maximum atomic E-state index is 12.8. The number of nitrogens with zero attached hydrogens (tertiary/aromatic N) is 4. The van der Waals surface area contributed by atoms with Gasteiger partial charge in [-0.1, -0.05) is 18.2 Å². The molecule has 0 radical (unpaired) electrons. The number of fused-ring (bicyclic) bond motifs is 1. The Labute approximate surface area is 135 Å². The molecule has 6 nitrogen and oxygen atoms in total. The lowest BCUT2D eigenvalue weighted by Gasteiger charge is -2.35. The van der Waals surface area contributed by atoms with E-state index in [1.165, 1.54) is 0 Å². The van der Waals surface area contributed by atoms with E-state index in [1.807, 2.05) is 33.7 Å². The standard InChI is InChI=1S/C17H20N4O2/c22-17(14-9-13-3-1-2-4-16(13)23-10-14)20-7-5-15(6-8-20)21-11-18-19-12-21/h1-4,11-12,14-15H,5-10H2/t14-/m1/s1. The van der Waals surface area contributed by atoms with E-state index in [2.05, 4.69) is 10.2 Å². The van der Waals surface area contributed by atoms with Crippen molar-refractivity contribution in [3.63, 3.8) is 0 Å². The smallest absolute Gasteiger partial charge is 0.229 e. The lowest BCUT2D eigenvalue weighted by Crippen LogP contribution is -2.44. The molecule has 1 saturated heterocycles. The summed E-state index contributed by atoms with van der Waals surface area (Å²) in [6.45, 7) is 2.07. The third-order valence-electron chi connectivity index (χ3n) is 4.86. The first-order chi connectivity index (χ1) is 11.3. The highest BCUT2D eigenvalue weighted by Crippen LogP contribution is 2.29. The molecule has 0 N–H and O–H groups in total. The van der Waals surface area contributed by atoms with Crippen molar-refractivity contribution in [1.82, 2.24) is 19.7 Å². The maximum Gasteiger partial charge on any atom is 0.229 e. The quantitative estimate of drug-likeness (QED) is 0.847. The van der Waals surface area contributed by atoms with Gasteiger partial charge in [-0.2, -0.15) is 0 Å². The van der Waals surface area contributed by atoms with Gasteiger partial charge in [0.05, 0.1) is 5.92 Å². The topological polar surface area (TPSA) is 60.2 Å². The molecule has 4 rings (SSSR count). The van der Waals surface area contributed by atoms with Crippen LogP contribution in [0.2, 0.25) is 0 Å². The van der Waals surface area contributed by atoms with E-state index >= 15 is 0 Å². The van der Waals surface area contributed by atoms with E-state index in [0.29, 0.717) is 12.6 Å². The van der Waals surface area contributed by atoms with Crippen molar-refractivity contribution < 1.29 is 9.53 Å². The average Bonchev–Trinajstić information content (AvgIpc) is 3.15. The van der Waals surface area contributed by atoms with E-state index < -0.39 is 0 Å². The Balaban J connectivity index is 1.37. The molecule has 1 fully saturated rings. The third kappa shape index (κ3) is 2.81. The van der Waals surface area contributed by atoms with Gasteiger partial charge in [-0.05, 0) is 30.9 Å². The van der Waals surface area contributed by atoms with Gasteiger partial charge >= 0.3 is 0 Å². The van der Waals surface area contributed by atoms with Crippen LogP contribution in [0.25, 0.3) is 0 Å². The molecule has 2 aliphatic heterocycles. The summed E-state index contributed by atoms with van der Waals surface area (Å²) in [5, 5.41) is 7.72. The normalized spacial score (nSPS) is 21.6. The molecule has 0 spiro atoms. The molecule has 2 aliphatic rings. The Bertz CT molecular complexity index is 678. The van der Waals surface area contributed by atoms with Gasteiger partial charge in [0.25, 0.3) is 0 Å². The number of carbonyl (C=O) groups excluding carboxylic acids is 1. The van der Waals surface area contributed by atoms with Crippen molar-refractivity contribution in [2.75, 3.05) is 19.7 Å². The van der Waals surface area contributed by atoms with Gasteiger partial charge in [-0.25, -0.2) is 0 Å². The first-order valence-corrected chi connectivity index (χ1v) is 8.15. The first kappa shape index (κ1) is 14.2. The van der Waals surface area contributed by atoms with E-state index in [4.69, 9.17) is 4.74 Å². The molecule has 6 heteroatoms. The number of para-hydroxylation sites is 1. The van der Waals surface area contributed by atoms with Gasteiger partial charge in [-0.15, -0.1) is 10.2 Å². The zero-order valence-corrected chi connectivity index (χ0v) is 13.0. The Morgan fingerprint density at radius 2 is 1.87 bits per heavy atom. The number of likely N-dealkylation sites (tertiary alicyclic amines) is 1. The summed E-state index contributed by atoms with van der Waals surface area (Å²) in [7, 11) is 0. The molecule has 0 bridgehead atoms. The number of hydrogen-bond donors (Lipinski definition) is 0. The number of amides is 1. The zero-order valence-electron chi connectivity index (χ0n) is 13.0. The van der Waals surface area contributed by atoms with Crippen LogP contribution in [-0.2, 0) is 11.2 Å². The number of piperidine rings is 1. The van der Waals surface area contributed by atoms with Crippen molar-refractivity contribution in [2.45, 2.75) is 25.3 Å². The fraction of sp³-hybridized carbons (Fsp3) is 0.471. The number of rotatable bonds is 2. The fourth-order valence-corrected chi connectivity index (χ4v) is 3.53. The summed E-state index contributed by atoms with van der Waals surface area (Å²) in [6, 6.07) is 8.39. The summed E-state index contributed by atoms with van der Waals surface area (Å²) < 4.78 is 7.80. The maximum absolute atomic E-state index is 12.8. The molecule has 120 valence electrons. The Morgan fingerprint density at radius 1 is 1.13 bits per heavy atom. The van der Waals surface area contributed by atoms with Crippen molar-refractivity contribution in [3.05, 3.63) is 42.5 Å². The molecular formula is C17H20N4O2. The SMILES string of the molecule is O=C([C@H]1COc2ccccc2C1)N1CCC(n2cnnc2)CC1. The van der Waals surface area contributed by atoms with Gasteiger partial charge in [-0.3, -0.25) is 4.79 Å². The van der Waals surface area contributed by atoms with Crippen LogP contribution in [0, 0.1) is 5.92 Å². The molecule has 1 aromatic heterocycles.